The van der Waals surface area contributed by atoms with Crippen molar-refractivity contribution in [1.29, 1.82) is 0 Å². The van der Waals surface area contributed by atoms with Gasteiger partial charge in [0.1, 0.15) is 10.7 Å². The molecule has 1 amide bonds. The number of carbonyl (C=O) groups excluding carboxylic acids is 1. The normalized spacial score (nSPS) is 22.8. The minimum Gasteiger partial charge on any atom is -0.356 e. The quantitative estimate of drug-likeness (QED) is 0.845. The van der Waals surface area contributed by atoms with E-state index in [4.69, 9.17) is 0 Å². The van der Waals surface area contributed by atoms with E-state index in [1.807, 2.05) is 43.0 Å². The molecule has 2 heterocycles. The van der Waals surface area contributed by atoms with Crippen LogP contribution in [0.4, 0.5) is 0 Å². The summed E-state index contributed by atoms with van der Waals surface area (Å²) in [6.45, 7) is 5.21. The molecule has 2 aliphatic heterocycles. The Morgan fingerprint density at radius 1 is 1.07 bits per heavy atom. The molecule has 0 aromatic heterocycles. The molecule has 1 aromatic rings. The molecule has 7 heteroatoms. The highest BCUT2D eigenvalue weighted by Gasteiger charge is 2.35. The monoisotopic (exact) mass is 401 g/mol. The van der Waals surface area contributed by atoms with E-state index in [2.05, 4.69) is 9.71 Å². The van der Waals surface area contributed by atoms with Crippen LogP contribution in [0.5, 0.6) is 0 Å². The van der Waals surface area contributed by atoms with Crippen LogP contribution in [0.2, 0.25) is 0 Å². The number of rotatable bonds is 3. The Hall–Kier alpha value is -2.15. The fraction of sp³-hybridized carbons (Fsp3) is 0.524. The highest BCUT2D eigenvalue weighted by Crippen LogP contribution is 2.34. The maximum absolute atomic E-state index is 12.7. The van der Waals surface area contributed by atoms with Crippen LogP contribution in [-0.4, -0.2) is 44.2 Å². The Labute approximate surface area is 166 Å². The van der Waals surface area contributed by atoms with Crippen molar-refractivity contribution in [3.8, 4) is 0 Å². The van der Waals surface area contributed by atoms with Crippen molar-refractivity contribution in [2.75, 3.05) is 13.1 Å². The fourth-order valence-electron chi connectivity index (χ4n) is 4.11. The summed E-state index contributed by atoms with van der Waals surface area (Å²) in [5.41, 5.74) is 2.48. The lowest BCUT2D eigenvalue weighted by Gasteiger charge is -2.35. The van der Waals surface area contributed by atoms with Crippen molar-refractivity contribution in [2.45, 2.75) is 52.0 Å². The van der Waals surface area contributed by atoms with E-state index in [1.165, 1.54) is 0 Å². The Morgan fingerprint density at radius 2 is 1.71 bits per heavy atom. The van der Waals surface area contributed by atoms with Crippen LogP contribution in [0.1, 0.15) is 50.2 Å². The summed E-state index contributed by atoms with van der Waals surface area (Å²) in [6.07, 6.45) is 4.78. The number of amidine groups is 1. The van der Waals surface area contributed by atoms with Gasteiger partial charge in [0.15, 0.2) is 0 Å². The molecule has 0 radical (unpaired) electrons. The molecule has 1 saturated carbocycles. The number of sulfonamides is 1. The molecule has 0 unspecified atom stereocenters. The molecule has 1 aliphatic carbocycles. The third-order valence-corrected chi connectivity index (χ3v) is 7.54. The molecule has 150 valence electrons. The Kier molecular flexibility index (Phi) is 5.04. The molecule has 1 saturated heterocycles. The minimum absolute atomic E-state index is 0.170. The number of carbonyl (C=O) groups is 1. The largest absolute Gasteiger partial charge is 0.356 e. The van der Waals surface area contributed by atoms with Gasteiger partial charge in [-0.2, -0.15) is 8.42 Å². The van der Waals surface area contributed by atoms with E-state index in [-0.39, 0.29) is 17.9 Å². The smallest absolute Gasteiger partial charge is 0.285 e. The van der Waals surface area contributed by atoms with Gasteiger partial charge >= 0.3 is 0 Å². The van der Waals surface area contributed by atoms with Crippen molar-refractivity contribution in [3.05, 3.63) is 41.0 Å². The van der Waals surface area contributed by atoms with Gasteiger partial charge in [-0.1, -0.05) is 36.2 Å². The van der Waals surface area contributed by atoms with Gasteiger partial charge in [-0.15, -0.1) is 4.40 Å². The van der Waals surface area contributed by atoms with Gasteiger partial charge in [0.25, 0.3) is 10.0 Å². The summed E-state index contributed by atoms with van der Waals surface area (Å²) < 4.78 is 29.5. The van der Waals surface area contributed by atoms with E-state index >= 15 is 0 Å². The van der Waals surface area contributed by atoms with Crippen LogP contribution < -0.4 is 5.32 Å². The second-order valence-corrected chi connectivity index (χ2v) is 9.65. The lowest BCUT2D eigenvalue weighted by Crippen LogP contribution is -2.48. The number of nitrogens with one attached hydrogen (secondary N) is 1. The van der Waals surface area contributed by atoms with E-state index in [0.717, 1.165) is 37.7 Å². The second-order valence-electron chi connectivity index (χ2n) is 8.11. The molecular formula is C21H27N3O3S. The molecule has 28 heavy (non-hydrogen) atoms. The first-order chi connectivity index (χ1) is 13.3. The zero-order chi connectivity index (χ0) is 19.9. The van der Waals surface area contributed by atoms with Gasteiger partial charge in [-0.3, -0.25) is 4.79 Å². The molecule has 0 spiro atoms. The van der Waals surface area contributed by atoms with Crippen molar-refractivity contribution >= 4 is 26.7 Å². The Bertz CT molecular complexity index is 936. The molecule has 0 bridgehead atoms. The van der Waals surface area contributed by atoms with Crippen LogP contribution in [0.25, 0.3) is 4.91 Å². The van der Waals surface area contributed by atoms with Crippen molar-refractivity contribution in [2.24, 2.45) is 10.3 Å². The average Bonchev–Trinajstić information content (AvgIpc) is 2.84. The summed E-state index contributed by atoms with van der Waals surface area (Å²) in [5.74, 6) is 0.937. The van der Waals surface area contributed by atoms with Crippen molar-refractivity contribution in [3.63, 3.8) is 0 Å². The van der Waals surface area contributed by atoms with Crippen LogP contribution in [0, 0.1) is 12.8 Å². The number of likely N-dealkylation sites (tertiary alicyclic amines) is 1. The SMILES string of the molecule is CC1=C(c2ccc(C)cc2)S(=O)(=O)N=C1N1CCC(NC(=O)C2CCC2)CC1. The van der Waals surface area contributed by atoms with E-state index in [1.54, 1.807) is 0 Å². The molecule has 4 rings (SSSR count). The average molecular weight is 402 g/mol. The number of benzene rings is 1. The summed E-state index contributed by atoms with van der Waals surface area (Å²) in [7, 11) is -3.68. The highest BCUT2D eigenvalue weighted by molar-refractivity contribution is 8.00. The maximum atomic E-state index is 12.7. The Morgan fingerprint density at radius 3 is 2.29 bits per heavy atom. The third-order valence-electron chi connectivity index (χ3n) is 6.07. The predicted molar refractivity (Wildman–Crippen MR) is 110 cm³/mol. The van der Waals surface area contributed by atoms with Crippen LogP contribution in [-0.2, 0) is 14.8 Å². The van der Waals surface area contributed by atoms with Crippen molar-refractivity contribution < 1.29 is 13.2 Å². The molecule has 2 fully saturated rings. The molecular weight excluding hydrogens is 374 g/mol. The van der Waals surface area contributed by atoms with E-state index in [9.17, 15) is 13.2 Å². The van der Waals surface area contributed by atoms with Gasteiger partial charge in [0.05, 0.1) is 0 Å². The first kappa shape index (κ1) is 19.2. The molecule has 6 nitrogen and oxygen atoms in total. The van der Waals surface area contributed by atoms with Gasteiger partial charge in [0, 0.05) is 30.6 Å². The molecule has 1 N–H and O–H groups in total. The number of piperidine rings is 1. The Balaban J connectivity index is 1.46. The number of hydrogen-bond acceptors (Lipinski definition) is 4. The summed E-state index contributed by atoms with van der Waals surface area (Å²) >= 11 is 0. The van der Waals surface area contributed by atoms with Gasteiger partial charge in [-0.25, -0.2) is 0 Å². The summed E-state index contributed by atoms with van der Waals surface area (Å²) in [5, 5.41) is 3.16. The summed E-state index contributed by atoms with van der Waals surface area (Å²) in [6, 6.07) is 7.68. The van der Waals surface area contributed by atoms with E-state index in [0.29, 0.717) is 35.0 Å². The highest BCUT2D eigenvalue weighted by atomic mass is 32.2. The van der Waals surface area contributed by atoms with Crippen LogP contribution in [0.15, 0.2) is 34.2 Å². The number of hydrogen-bond donors (Lipinski definition) is 1. The maximum Gasteiger partial charge on any atom is 0.285 e. The standard InChI is InChI=1S/C21H27N3O3S/c1-14-6-8-16(9-7-14)19-15(2)20(23-28(19,26)27)24-12-10-18(11-13-24)22-21(25)17-4-3-5-17/h6-9,17-18H,3-5,10-13H2,1-2H3,(H,22,25). The van der Waals surface area contributed by atoms with Crippen LogP contribution in [0.3, 0.4) is 0 Å². The van der Waals surface area contributed by atoms with Gasteiger partial charge < -0.3 is 10.2 Å². The number of aryl methyl sites for hydroxylation is 1. The zero-order valence-corrected chi connectivity index (χ0v) is 17.3. The second kappa shape index (κ2) is 7.35. The van der Waals surface area contributed by atoms with Gasteiger partial charge in [0.2, 0.25) is 5.91 Å². The molecule has 3 aliphatic rings. The first-order valence-electron chi connectivity index (χ1n) is 10.0. The van der Waals surface area contributed by atoms with Gasteiger partial charge in [-0.05, 0) is 45.1 Å². The molecule has 1 aromatic carbocycles. The van der Waals surface area contributed by atoms with Crippen LogP contribution >= 0.6 is 0 Å². The lowest BCUT2D eigenvalue weighted by atomic mass is 9.84. The fourth-order valence-corrected chi connectivity index (χ4v) is 5.60. The lowest BCUT2D eigenvalue weighted by molar-refractivity contribution is -0.128. The third kappa shape index (κ3) is 3.60. The topological polar surface area (TPSA) is 78.8 Å². The predicted octanol–water partition coefficient (Wildman–Crippen LogP) is 2.85. The minimum atomic E-state index is -3.68. The number of amides is 1. The van der Waals surface area contributed by atoms with E-state index < -0.39 is 10.0 Å². The summed E-state index contributed by atoms with van der Waals surface area (Å²) in [4.78, 5) is 14.5. The van der Waals surface area contributed by atoms with Crippen molar-refractivity contribution in [1.82, 2.24) is 10.2 Å². The number of nitrogens with zero attached hydrogens (tertiary/aromatic N) is 2. The zero-order valence-electron chi connectivity index (χ0n) is 16.4. The molecule has 0 atom stereocenters. The first-order valence-corrected chi connectivity index (χ1v) is 11.5.